The molecular weight excluding hydrogens is 257 g/mol. The monoisotopic (exact) mass is 277 g/mol. The molecule has 0 aliphatic rings. The van der Waals surface area contributed by atoms with Crippen LogP contribution in [0.4, 0.5) is 0 Å². The smallest absolute Gasteiger partial charge is 0.548 e. The zero-order chi connectivity index (χ0) is 8.97. The maximum absolute atomic E-state index is 10.3. The minimum absolute atomic E-state index is 0. The van der Waals surface area contributed by atoms with Crippen molar-refractivity contribution in [3.8, 4) is 0 Å². The van der Waals surface area contributed by atoms with Crippen LogP contribution in [0.3, 0.4) is 0 Å². The van der Waals surface area contributed by atoms with Gasteiger partial charge in [-0.3, -0.25) is 0 Å². The van der Waals surface area contributed by atoms with Crippen LogP contribution in [0.25, 0.3) is 0 Å². The molecule has 0 aromatic heterocycles. The van der Waals surface area contributed by atoms with Gasteiger partial charge in [-0.05, 0) is 12.0 Å². The van der Waals surface area contributed by atoms with Gasteiger partial charge in [-0.2, -0.15) is 0 Å². The first-order valence-corrected chi connectivity index (χ1v) is 3.70. The van der Waals surface area contributed by atoms with Crippen molar-refractivity contribution in [2.75, 3.05) is 0 Å². The molecule has 0 aliphatic carbocycles. The Morgan fingerprint density at radius 1 is 1.06 bits per heavy atom. The SMILES string of the molecule is N[C@@H](Cc1ccccc1)C(=O)[O-].O.O.O.O.O.[Na+]. The second kappa shape index (κ2) is 18.8. The molecule has 0 radical (unpaired) electrons. The van der Waals surface area contributed by atoms with E-state index in [0.29, 0.717) is 6.42 Å². The molecule has 0 spiro atoms. The molecule has 0 bridgehead atoms. The van der Waals surface area contributed by atoms with Gasteiger partial charge in [0.25, 0.3) is 0 Å². The Morgan fingerprint density at radius 2 is 1.44 bits per heavy atom. The van der Waals surface area contributed by atoms with E-state index in [9.17, 15) is 9.90 Å². The third-order valence-corrected chi connectivity index (χ3v) is 1.60. The molecule has 0 fully saturated rings. The van der Waals surface area contributed by atoms with Gasteiger partial charge < -0.3 is 43.0 Å². The summed E-state index contributed by atoms with van der Waals surface area (Å²) in [7, 11) is 0. The normalized spacial score (nSPS) is 8.28. The first-order valence-electron chi connectivity index (χ1n) is 3.70. The summed E-state index contributed by atoms with van der Waals surface area (Å²) in [5, 5.41) is 10.3. The maximum Gasteiger partial charge on any atom is 1.00 e. The number of carbonyl (C=O) groups excluding carboxylic acids is 1. The molecule has 12 N–H and O–H groups in total. The quantitative estimate of drug-likeness (QED) is 0.531. The predicted molar refractivity (Wildman–Crippen MR) is 61.2 cm³/mol. The van der Waals surface area contributed by atoms with Gasteiger partial charge in [-0.15, -0.1) is 0 Å². The van der Waals surface area contributed by atoms with Crippen molar-refractivity contribution in [1.29, 1.82) is 0 Å². The molecule has 0 saturated heterocycles. The molecule has 1 aromatic carbocycles. The fourth-order valence-corrected chi connectivity index (χ4v) is 0.951. The van der Waals surface area contributed by atoms with Gasteiger partial charge in [0.1, 0.15) is 0 Å². The topological polar surface area (TPSA) is 224 Å². The molecule has 1 rings (SSSR count). The number of nitrogens with two attached hydrogens (primary N) is 1. The number of benzene rings is 1. The van der Waals surface area contributed by atoms with E-state index in [1.165, 1.54) is 0 Å². The van der Waals surface area contributed by atoms with Crippen molar-refractivity contribution in [2.24, 2.45) is 5.73 Å². The van der Waals surface area contributed by atoms with Crippen molar-refractivity contribution in [1.82, 2.24) is 0 Å². The number of aliphatic carboxylic acids is 1. The van der Waals surface area contributed by atoms with Gasteiger partial charge in [-0.25, -0.2) is 0 Å². The number of rotatable bonds is 3. The Labute approximate surface area is 127 Å². The van der Waals surface area contributed by atoms with Crippen molar-refractivity contribution in [3.63, 3.8) is 0 Å². The molecule has 0 heterocycles. The van der Waals surface area contributed by atoms with E-state index in [-0.39, 0.29) is 56.9 Å². The Balaban J connectivity index is -0.0000000600. The summed E-state index contributed by atoms with van der Waals surface area (Å²) >= 11 is 0. The summed E-state index contributed by atoms with van der Waals surface area (Å²) in [6.07, 6.45) is 0.323. The van der Waals surface area contributed by atoms with Crippen LogP contribution in [0.2, 0.25) is 0 Å². The van der Waals surface area contributed by atoms with Crippen molar-refractivity contribution in [3.05, 3.63) is 35.9 Å². The first kappa shape index (κ1) is 36.0. The molecular formula is C9H20NNaO7. The average Bonchev–Trinajstić information content (AvgIpc) is 2.06. The van der Waals surface area contributed by atoms with Crippen LogP contribution in [0.1, 0.15) is 5.56 Å². The predicted octanol–water partition coefficient (Wildman–Crippen LogP) is -7.81. The van der Waals surface area contributed by atoms with Gasteiger partial charge in [0.15, 0.2) is 0 Å². The van der Waals surface area contributed by atoms with E-state index in [4.69, 9.17) is 5.73 Å². The molecule has 1 atom stereocenters. The number of carboxylic acid groups (broad SMARTS) is 1. The Hall–Kier alpha value is -0.550. The number of carboxylic acids is 1. The van der Waals surface area contributed by atoms with Crippen molar-refractivity contribution in [2.45, 2.75) is 12.5 Å². The van der Waals surface area contributed by atoms with E-state index in [2.05, 4.69) is 0 Å². The minimum Gasteiger partial charge on any atom is -0.548 e. The Bertz CT molecular complexity index is 273. The summed E-state index contributed by atoms with van der Waals surface area (Å²) in [5.74, 6) is -1.21. The van der Waals surface area contributed by atoms with Crippen LogP contribution in [-0.2, 0) is 11.2 Å². The Kier molecular flexibility index (Phi) is 37.6. The molecule has 1 aromatic rings. The second-order valence-electron chi connectivity index (χ2n) is 2.62. The van der Waals surface area contributed by atoms with Gasteiger partial charge in [0.2, 0.25) is 0 Å². The number of carbonyl (C=O) groups is 1. The molecule has 8 nitrogen and oxygen atoms in total. The summed E-state index contributed by atoms with van der Waals surface area (Å²) < 4.78 is 0. The van der Waals surface area contributed by atoms with E-state index < -0.39 is 12.0 Å². The van der Waals surface area contributed by atoms with Gasteiger partial charge in [-0.1, -0.05) is 30.3 Å². The fraction of sp³-hybridized carbons (Fsp3) is 0.222. The van der Waals surface area contributed by atoms with E-state index in [1.54, 1.807) is 0 Å². The average molecular weight is 277 g/mol. The first-order chi connectivity index (χ1) is 5.70. The van der Waals surface area contributed by atoms with Gasteiger partial charge in [0.05, 0.1) is 5.97 Å². The second-order valence-corrected chi connectivity index (χ2v) is 2.62. The summed E-state index contributed by atoms with van der Waals surface area (Å²) in [4.78, 5) is 10.3. The van der Waals surface area contributed by atoms with Crippen LogP contribution >= 0.6 is 0 Å². The zero-order valence-electron chi connectivity index (χ0n) is 10.1. The van der Waals surface area contributed by atoms with E-state index in [1.807, 2.05) is 30.3 Å². The van der Waals surface area contributed by atoms with Crippen LogP contribution < -0.4 is 40.4 Å². The summed E-state index contributed by atoms with van der Waals surface area (Å²) in [6, 6.07) is 8.32. The zero-order valence-corrected chi connectivity index (χ0v) is 12.1. The largest absolute Gasteiger partial charge is 1.00 e. The fourth-order valence-electron chi connectivity index (χ4n) is 0.951. The third-order valence-electron chi connectivity index (χ3n) is 1.60. The Morgan fingerprint density at radius 3 is 1.78 bits per heavy atom. The van der Waals surface area contributed by atoms with E-state index >= 15 is 0 Å². The summed E-state index contributed by atoms with van der Waals surface area (Å²) in [5.41, 5.74) is 6.20. The summed E-state index contributed by atoms with van der Waals surface area (Å²) in [6.45, 7) is 0. The van der Waals surface area contributed by atoms with Crippen LogP contribution in [0, 0.1) is 0 Å². The molecule has 9 heteroatoms. The maximum atomic E-state index is 10.3. The molecule has 104 valence electrons. The molecule has 0 saturated carbocycles. The van der Waals surface area contributed by atoms with Crippen molar-refractivity contribution >= 4 is 5.97 Å². The van der Waals surface area contributed by atoms with E-state index in [0.717, 1.165) is 5.56 Å². The van der Waals surface area contributed by atoms with Crippen LogP contribution in [0.15, 0.2) is 30.3 Å². The van der Waals surface area contributed by atoms with Crippen LogP contribution in [0.5, 0.6) is 0 Å². The van der Waals surface area contributed by atoms with Crippen LogP contribution in [-0.4, -0.2) is 39.4 Å². The van der Waals surface area contributed by atoms with Gasteiger partial charge in [0, 0.05) is 6.04 Å². The number of hydrogen-bond donors (Lipinski definition) is 1. The third kappa shape index (κ3) is 13.5. The standard InChI is InChI=1S/C9H11NO2.Na.5H2O/c10-8(9(11)12)6-7-4-2-1-3-5-7;;;;;;/h1-5,8H,6,10H2,(H,11,12);;5*1H2/q;+1;;;;;/p-1/t8-;;;;;;/m0....../s1. The molecule has 18 heavy (non-hydrogen) atoms. The molecule has 0 amide bonds. The number of hydrogen-bond acceptors (Lipinski definition) is 3. The molecule has 0 aliphatic heterocycles. The minimum atomic E-state index is -1.21. The van der Waals surface area contributed by atoms with Crippen molar-refractivity contribution < 1.29 is 66.8 Å². The molecule has 0 unspecified atom stereocenters. The van der Waals surface area contributed by atoms with Gasteiger partial charge >= 0.3 is 29.6 Å².